The van der Waals surface area contributed by atoms with E-state index in [4.69, 9.17) is 0 Å². The van der Waals surface area contributed by atoms with Crippen molar-refractivity contribution in [2.24, 2.45) is 0 Å². The number of halogens is 1. The molecule has 0 atom stereocenters. The second kappa shape index (κ2) is 7.47. The normalized spacial score (nSPS) is 8.89. The van der Waals surface area contributed by atoms with Crippen molar-refractivity contribution in [1.29, 1.82) is 0 Å². The molecule has 0 N–H and O–H groups in total. The molecule has 0 spiro atoms. The van der Waals surface area contributed by atoms with E-state index in [9.17, 15) is 0 Å². The monoisotopic (exact) mass is 308 g/mol. The van der Waals surface area contributed by atoms with Gasteiger partial charge in [-0.25, -0.2) is 0 Å². The SMILES string of the molecule is BrCCC#Cc1cccc(C#Cc2ccccc2)c1. The summed E-state index contributed by atoms with van der Waals surface area (Å²) in [5.74, 6) is 12.6. The molecule has 0 amide bonds. The highest BCUT2D eigenvalue weighted by atomic mass is 79.9. The standard InChI is InChI=1S/C18H13Br/c19-14-5-4-9-17-10-6-11-18(15-17)13-12-16-7-2-1-3-8-16/h1-3,6-8,10-11,15H,5,14H2. The Hall–Kier alpha value is -1.96. The maximum atomic E-state index is 3.36. The van der Waals surface area contributed by atoms with E-state index in [1.807, 2.05) is 54.6 Å². The summed E-state index contributed by atoms with van der Waals surface area (Å²) in [7, 11) is 0. The Morgan fingerprint density at radius 3 is 2.11 bits per heavy atom. The van der Waals surface area contributed by atoms with E-state index in [-0.39, 0.29) is 0 Å². The Bertz CT molecular complexity index is 649. The summed E-state index contributed by atoms with van der Waals surface area (Å²) in [5.41, 5.74) is 3.04. The molecule has 2 aromatic carbocycles. The number of benzene rings is 2. The van der Waals surface area contributed by atoms with Crippen LogP contribution in [0.15, 0.2) is 54.6 Å². The van der Waals surface area contributed by atoms with Crippen molar-refractivity contribution in [3.63, 3.8) is 0 Å². The molecule has 0 radical (unpaired) electrons. The molecule has 0 saturated heterocycles. The molecule has 19 heavy (non-hydrogen) atoms. The van der Waals surface area contributed by atoms with Gasteiger partial charge in [-0.15, -0.1) is 0 Å². The number of hydrogen-bond acceptors (Lipinski definition) is 0. The van der Waals surface area contributed by atoms with Crippen molar-refractivity contribution in [2.45, 2.75) is 6.42 Å². The Kier molecular flexibility index (Phi) is 5.30. The van der Waals surface area contributed by atoms with Gasteiger partial charge in [0.1, 0.15) is 0 Å². The lowest BCUT2D eigenvalue weighted by molar-refractivity contribution is 1.32. The average molecular weight is 309 g/mol. The average Bonchev–Trinajstić information content (AvgIpc) is 2.47. The third kappa shape index (κ3) is 4.66. The third-order valence-electron chi connectivity index (χ3n) is 2.44. The fourth-order valence-electron chi connectivity index (χ4n) is 1.55. The first-order chi connectivity index (χ1) is 9.38. The number of hydrogen-bond donors (Lipinski definition) is 0. The Labute approximate surface area is 123 Å². The van der Waals surface area contributed by atoms with E-state index < -0.39 is 0 Å². The zero-order valence-electron chi connectivity index (χ0n) is 10.5. The highest BCUT2D eigenvalue weighted by Gasteiger charge is 1.90. The van der Waals surface area contributed by atoms with Gasteiger partial charge >= 0.3 is 0 Å². The summed E-state index contributed by atoms with van der Waals surface area (Å²) in [6.07, 6.45) is 0.861. The molecular formula is C18H13Br. The molecule has 0 fully saturated rings. The Morgan fingerprint density at radius 1 is 0.737 bits per heavy atom. The van der Waals surface area contributed by atoms with Crippen molar-refractivity contribution in [2.75, 3.05) is 5.33 Å². The maximum absolute atomic E-state index is 3.36. The topological polar surface area (TPSA) is 0 Å². The quantitative estimate of drug-likeness (QED) is 0.546. The lowest BCUT2D eigenvalue weighted by atomic mass is 10.1. The maximum Gasteiger partial charge on any atom is 0.0261 e. The second-order valence-corrected chi connectivity index (χ2v) is 4.73. The summed E-state index contributed by atoms with van der Waals surface area (Å²) in [6, 6.07) is 18.0. The first kappa shape index (κ1) is 13.5. The first-order valence-corrected chi connectivity index (χ1v) is 7.22. The number of rotatable bonds is 1. The van der Waals surface area contributed by atoms with Gasteiger partial charge in [-0.1, -0.05) is 63.9 Å². The van der Waals surface area contributed by atoms with Crippen LogP contribution in [0.25, 0.3) is 0 Å². The lowest BCUT2D eigenvalue weighted by Gasteiger charge is -1.92. The van der Waals surface area contributed by atoms with E-state index in [0.717, 1.165) is 28.4 Å². The van der Waals surface area contributed by atoms with E-state index in [1.54, 1.807) is 0 Å². The summed E-state index contributed by atoms with van der Waals surface area (Å²) in [4.78, 5) is 0. The van der Waals surface area contributed by atoms with E-state index in [2.05, 4.69) is 39.6 Å². The Balaban J connectivity index is 2.17. The van der Waals surface area contributed by atoms with Crippen LogP contribution in [0.2, 0.25) is 0 Å². The van der Waals surface area contributed by atoms with Crippen LogP contribution in [0.4, 0.5) is 0 Å². The Morgan fingerprint density at radius 2 is 1.37 bits per heavy atom. The van der Waals surface area contributed by atoms with Crippen LogP contribution >= 0.6 is 15.9 Å². The van der Waals surface area contributed by atoms with Crippen LogP contribution in [0.5, 0.6) is 0 Å². The van der Waals surface area contributed by atoms with Crippen molar-refractivity contribution >= 4 is 15.9 Å². The summed E-state index contributed by atoms with van der Waals surface area (Å²) < 4.78 is 0. The molecule has 92 valence electrons. The van der Waals surface area contributed by atoms with Crippen molar-refractivity contribution < 1.29 is 0 Å². The molecule has 0 nitrogen and oxygen atoms in total. The summed E-state index contributed by atoms with van der Waals surface area (Å²) in [5, 5.41) is 0.910. The minimum absolute atomic E-state index is 0.861. The van der Waals surface area contributed by atoms with Gasteiger partial charge in [-0.05, 0) is 30.3 Å². The minimum Gasteiger partial charge on any atom is -0.0970 e. The molecule has 2 rings (SSSR count). The van der Waals surface area contributed by atoms with Gasteiger partial charge in [0.2, 0.25) is 0 Å². The van der Waals surface area contributed by atoms with Gasteiger partial charge in [0, 0.05) is 28.4 Å². The van der Waals surface area contributed by atoms with Gasteiger partial charge in [0.15, 0.2) is 0 Å². The summed E-state index contributed by atoms with van der Waals surface area (Å²) >= 11 is 3.36. The molecule has 0 aromatic heterocycles. The molecular weight excluding hydrogens is 296 g/mol. The van der Waals surface area contributed by atoms with Crippen LogP contribution in [0.3, 0.4) is 0 Å². The molecule has 0 heterocycles. The largest absolute Gasteiger partial charge is 0.0970 e. The molecule has 1 heteroatoms. The highest BCUT2D eigenvalue weighted by Crippen LogP contribution is 2.04. The van der Waals surface area contributed by atoms with Crippen LogP contribution in [0, 0.1) is 23.7 Å². The minimum atomic E-state index is 0.861. The van der Waals surface area contributed by atoms with Crippen molar-refractivity contribution in [1.82, 2.24) is 0 Å². The van der Waals surface area contributed by atoms with Crippen LogP contribution in [-0.2, 0) is 0 Å². The van der Waals surface area contributed by atoms with E-state index in [0.29, 0.717) is 0 Å². The predicted molar refractivity (Wildman–Crippen MR) is 84.2 cm³/mol. The first-order valence-electron chi connectivity index (χ1n) is 6.10. The molecule has 0 saturated carbocycles. The van der Waals surface area contributed by atoms with Crippen LogP contribution in [-0.4, -0.2) is 5.33 Å². The molecule has 0 unspecified atom stereocenters. The number of alkyl halides is 1. The van der Waals surface area contributed by atoms with Crippen LogP contribution < -0.4 is 0 Å². The molecule has 0 bridgehead atoms. The van der Waals surface area contributed by atoms with Gasteiger partial charge in [0.05, 0.1) is 0 Å². The lowest BCUT2D eigenvalue weighted by Crippen LogP contribution is -1.79. The zero-order chi connectivity index (χ0) is 13.3. The summed E-state index contributed by atoms with van der Waals surface area (Å²) in [6.45, 7) is 0. The highest BCUT2D eigenvalue weighted by molar-refractivity contribution is 9.09. The molecule has 0 aliphatic rings. The van der Waals surface area contributed by atoms with Crippen molar-refractivity contribution in [3.8, 4) is 23.7 Å². The fraction of sp³-hybridized carbons (Fsp3) is 0.111. The van der Waals surface area contributed by atoms with E-state index in [1.165, 1.54) is 0 Å². The fourth-order valence-corrected chi connectivity index (χ4v) is 1.75. The van der Waals surface area contributed by atoms with Gasteiger partial charge in [0.25, 0.3) is 0 Å². The van der Waals surface area contributed by atoms with Gasteiger partial charge < -0.3 is 0 Å². The third-order valence-corrected chi connectivity index (χ3v) is 2.84. The van der Waals surface area contributed by atoms with Gasteiger partial charge in [-0.3, -0.25) is 0 Å². The van der Waals surface area contributed by atoms with Crippen LogP contribution in [0.1, 0.15) is 23.1 Å². The zero-order valence-corrected chi connectivity index (χ0v) is 12.1. The predicted octanol–water partition coefficient (Wildman–Crippen LogP) is 4.22. The van der Waals surface area contributed by atoms with Gasteiger partial charge in [-0.2, -0.15) is 0 Å². The molecule has 0 aliphatic carbocycles. The van der Waals surface area contributed by atoms with E-state index >= 15 is 0 Å². The molecule has 2 aromatic rings. The molecule has 0 aliphatic heterocycles. The van der Waals surface area contributed by atoms with Crippen molar-refractivity contribution in [3.05, 3.63) is 71.3 Å². The second-order valence-electron chi connectivity index (χ2n) is 3.94. The smallest absolute Gasteiger partial charge is 0.0261 e.